The predicted octanol–water partition coefficient (Wildman–Crippen LogP) is 2.68. The molecule has 3 rings (SSSR count). The summed E-state index contributed by atoms with van der Waals surface area (Å²) in [5.74, 6) is 0.655. The maximum Gasteiger partial charge on any atom is 0.243 e. The van der Waals surface area contributed by atoms with Crippen LogP contribution in [0.1, 0.15) is 10.4 Å². The summed E-state index contributed by atoms with van der Waals surface area (Å²) in [6, 6.07) is 5.69. The molecule has 0 spiro atoms. The van der Waals surface area contributed by atoms with E-state index < -0.39 is 0 Å². The monoisotopic (exact) mass is 415 g/mol. The second kappa shape index (κ2) is 7.14. The van der Waals surface area contributed by atoms with Gasteiger partial charge in [0.25, 0.3) is 0 Å². The van der Waals surface area contributed by atoms with Crippen molar-refractivity contribution >= 4 is 50.2 Å². The van der Waals surface area contributed by atoms with Gasteiger partial charge in [-0.25, -0.2) is 4.52 Å². The fourth-order valence-corrected chi connectivity index (χ4v) is 3.60. The molecule has 0 aliphatic carbocycles. The molecule has 0 bridgehead atoms. The summed E-state index contributed by atoms with van der Waals surface area (Å²) in [4.78, 5) is 5.48. The van der Waals surface area contributed by atoms with E-state index in [1.54, 1.807) is 15.9 Å². The van der Waals surface area contributed by atoms with E-state index in [1.807, 2.05) is 17.5 Å². The molecule has 0 aliphatic rings. The molecule has 0 aliphatic heterocycles. The normalized spacial score (nSPS) is 12.7. The van der Waals surface area contributed by atoms with Crippen molar-refractivity contribution in [3.05, 3.63) is 43.9 Å². The van der Waals surface area contributed by atoms with Gasteiger partial charge < -0.3 is 16.2 Å². The van der Waals surface area contributed by atoms with E-state index >= 15 is 0 Å². The molecule has 0 saturated carbocycles. The number of aliphatic hydroxyl groups is 1. The van der Waals surface area contributed by atoms with E-state index in [0.717, 1.165) is 15.7 Å². The summed E-state index contributed by atoms with van der Waals surface area (Å²) in [5.41, 5.74) is 7.58. The largest absolute Gasteiger partial charge is 0.395 e. The Bertz CT molecular complexity index is 807. The Morgan fingerprint density at radius 1 is 1.52 bits per heavy atom. The number of nitrogens with two attached hydrogens (primary N) is 1. The molecule has 9 heteroatoms. The van der Waals surface area contributed by atoms with Crippen LogP contribution in [0.25, 0.3) is 5.52 Å². The highest BCUT2D eigenvalue weighted by molar-refractivity contribution is 9.10. The highest BCUT2D eigenvalue weighted by Crippen LogP contribution is 2.27. The molecule has 122 valence electrons. The molecule has 0 unspecified atom stereocenters. The van der Waals surface area contributed by atoms with Gasteiger partial charge >= 0.3 is 0 Å². The summed E-state index contributed by atoms with van der Waals surface area (Å²) in [5, 5.41) is 18.8. The van der Waals surface area contributed by atoms with Crippen molar-refractivity contribution in [3.63, 3.8) is 0 Å². The highest BCUT2D eigenvalue weighted by Gasteiger charge is 2.16. The SMILES string of the molecule is N[C@@H](CO)Cc1cc2c(NCc3cccs3)nc(Cl)nn2c1Br. The molecule has 23 heavy (non-hydrogen) atoms. The van der Waals surface area contributed by atoms with Crippen LogP contribution in [0.2, 0.25) is 5.28 Å². The van der Waals surface area contributed by atoms with Crippen LogP contribution in [0, 0.1) is 0 Å². The Hall–Kier alpha value is -1.19. The third-order valence-corrected chi connectivity index (χ3v) is 5.23. The number of nitrogens with zero attached hydrogens (tertiary/aromatic N) is 3. The zero-order valence-electron chi connectivity index (χ0n) is 12.0. The van der Waals surface area contributed by atoms with Crippen molar-refractivity contribution < 1.29 is 5.11 Å². The number of aliphatic hydroxyl groups excluding tert-OH is 1. The molecule has 3 aromatic rings. The van der Waals surface area contributed by atoms with Crippen LogP contribution in [0.5, 0.6) is 0 Å². The van der Waals surface area contributed by atoms with E-state index in [-0.39, 0.29) is 17.9 Å². The number of thiophene rings is 1. The molecule has 3 heterocycles. The Kier molecular flexibility index (Phi) is 5.17. The Labute approximate surface area is 150 Å². The minimum atomic E-state index is -0.324. The number of hydrogen-bond donors (Lipinski definition) is 3. The van der Waals surface area contributed by atoms with Gasteiger partial charge in [-0.05, 0) is 57.0 Å². The van der Waals surface area contributed by atoms with E-state index in [9.17, 15) is 0 Å². The lowest BCUT2D eigenvalue weighted by molar-refractivity contribution is 0.265. The first-order valence-electron chi connectivity index (χ1n) is 6.95. The molecule has 4 N–H and O–H groups in total. The van der Waals surface area contributed by atoms with Crippen molar-refractivity contribution in [3.8, 4) is 0 Å². The Morgan fingerprint density at radius 3 is 3.04 bits per heavy atom. The lowest BCUT2D eigenvalue weighted by atomic mass is 10.1. The first-order chi connectivity index (χ1) is 11.1. The zero-order chi connectivity index (χ0) is 16.4. The van der Waals surface area contributed by atoms with Gasteiger partial charge in [-0.15, -0.1) is 16.4 Å². The van der Waals surface area contributed by atoms with Gasteiger partial charge in [0, 0.05) is 10.9 Å². The van der Waals surface area contributed by atoms with Crippen LogP contribution in [0.3, 0.4) is 0 Å². The van der Waals surface area contributed by atoms with Crippen LogP contribution >= 0.6 is 38.9 Å². The number of anilines is 1. The third kappa shape index (κ3) is 3.67. The second-order valence-electron chi connectivity index (χ2n) is 5.07. The number of rotatable bonds is 6. The zero-order valence-corrected chi connectivity index (χ0v) is 15.2. The first-order valence-corrected chi connectivity index (χ1v) is 9.00. The molecule has 6 nitrogen and oxygen atoms in total. The van der Waals surface area contributed by atoms with E-state index in [1.165, 1.54) is 4.88 Å². The molecule has 1 atom stereocenters. The summed E-state index contributed by atoms with van der Waals surface area (Å²) in [6.45, 7) is 0.587. The first kappa shape index (κ1) is 16.7. The predicted molar refractivity (Wildman–Crippen MR) is 96.1 cm³/mol. The minimum absolute atomic E-state index is 0.0748. The summed E-state index contributed by atoms with van der Waals surface area (Å²) in [7, 11) is 0. The minimum Gasteiger partial charge on any atom is -0.395 e. The van der Waals surface area contributed by atoms with E-state index in [4.69, 9.17) is 22.4 Å². The molecule has 0 saturated heterocycles. The summed E-state index contributed by atoms with van der Waals surface area (Å²) < 4.78 is 2.45. The average Bonchev–Trinajstić information content (AvgIpc) is 3.15. The lowest BCUT2D eigenvalue weighted by Crippen LogP contribution is -2.26. The summed E-state index contributed by atoms with van der Waals surface area (Å²) >= 11 is 11.2. The molecule has 3 aromatic heterocycles. The second-order valence-corrected chi connectivity index (χ2v) is 7.19. The van der Waals surface area contributed by atoms with Gasteiger partial charge in [-0.2, -0.15) is 4.98 Å². The number of halogens is 2. The quantitative estimate of drug-likeness (QED) is 0.575. The van der Waals surface area contributed by atoms with Crippen LogP contribution in [-0.4, -0.2) is 32.4 Å². The molecule has 0 amide bonds. The van der Waals surface area contributed by atoms with E-state index in [2.05, 4.69) is 37.4 Å². The van der Waals surface area contributed by atoms with Crippen molar-refractivity contribution in [1.82, 2.24) is 14.6 Å². The molecule has 0 radical (unpaired) electrons. The maximum atomic E-state index is 9.14. The maximum absolute atomic E-state index is 9.14. The third-order valence-electron chi connectivity index (χ3n) is 3.35. The van der Waals surface area contributed by atoms with E-state index in [0.29, 0.717) is 18.8 Å². The number of aromatic nitrogens is 3. The van der Waals surface area contributed by atoms with Crippen LogP contribution < -0.4 is 11.1 Å². The molecule has 0 fully saturated rings. The van der Waals surface area contributed by atoms with Crippen molar-refractivity contribution in [2.75, 3.05) is 11.9 Å². The van der Waals surface area contributed by atoms with Crippen LogP contribution in [0.15, 0.2) is 28.2 Å². The average molecular weight is 417 g/mol. The van der Waals surface area contributed by atoms with Crippen molar-refractivity contribution in [2.45, 2.75) is 19.0 Å². The topological polar surface area (TPSA) is 88.5 Å². The Balaban J connectivity index is 1.95. The lowest BCUT2D eigenvalue weighted by Gasteiger charge is -2.07. The molecular formula is C14H15BrClN5OS. The van der Waals surface area contributed by atoms with Crippen molar-refractivity contribution in [2.24, 2.45) is 5.73 Å². The van der Waals surface area contributed by atoms with Crippen LogP contribution in [-0.2, 0) is 13.0 Å². The van der Waals surface area contributed by atoms with Crippen LogP contribution in [0.4, 0.5) is 5.82 Å². The number of fused-ring (bicyclic) bond motifs is 1. The number of hydrogen-bond acceptors (Lipinski definition) is 6. The van der Waals surface area contributed by atoms with Gasteiger partial charge in [0.15, 0.2) is 5.82 Å². The van der Waals surface area contributed by atoms with Gasteiger partial charge in [0.05, 0.1) is 13.2 Å². The fraction of sp³-hybridized carbons (Fsp3) is 0.286. The molecular weight excluding hydrogens is 402 g/mol. The smallest absolute Gasteiger partial charge is 0.243 e. The standard InChI is InChI=1S/C14H15BrClN5OS/c15-12-8(4-9(17)7-22)5-11-13(19-14(16)20-21(11)12)18-6-10-2-1-3-23-10/h1-3,5,9,22H,4,6-7,17H2,(H,18,19,20)/t9-/m1/s1. The van der Waals surface area contributed by atoms with Gasteiger partial charge in [0.1, 0.15) is 10.1 Å². The van der Waals surface area contributed by atoms with Crippen molar-refractivity contribution in [1.29, 1.82) is 0 Å². The highest BCUT2D eigenvalue weighted by atomic mass is 79.9. The molecule has 0 aromatic carbocycles. The summed E-state index contributed by atoms with van der Waals surface area (Å²) in [6.07, 6.45) is 0.530. The fourth-order valence-electron chi connectivity index (χ4n) is 2.25. The Morgan fingerprint density at radius 2 is 2.35 bits per heavy atom. The van der Waals surface area contributed by atoms with Gasteiger partial charge in [-0.1, -0.05) is 6.07 Å². The number of nitrogens with one attached hydrogen (secondary N) is 1. The van der Waals surface area contributed by atoms with Gasteiger partial charge in [0.2, 0.25) is 5.28 Å². The van der Waals surface area contributed by atoms with Gasteiger partial charge in [-0.3, -0.25) is 0 Å².